The van der Waals surface area contributed by atoms with Crippen LogP contribution in [-0.2, 0) is 11.0 Å². The van der Waals surface area contributed by atoms with Crippen molar-refractivity contribution in [1.29, 1.82) is 0 Å². The molecule has 0 spiro atoms. The average molecular weight is 370 g/mol. The van der Waals surface area contributed by atoms with E-state index in [2.05, 4.69) is 46.8 Å². The number of hydrogen-bond acceptors (Lipinski definition) is 2. The molecule has 0 fully saturated rings. The molecule has 0 aliphatic carbocycles. The molecule has 27 heavy (non-hydrogen) atoms. The van der Waals surface area contributed by atoms with Gasteiger partial charge in [0.25, 0.3) is 0 Å². The molecule has 0 aromatic heterocycles. The molecule has 1 unspecified atom stereocenters. The molecular formula is C25H39NO. The summed E-state index contributed by atoms with van der Waals surface area (Å²) in [6, 6.07) is 18.0. The van der Waals surface area contributed by atoms with Crippen LogP contribution >= 0.6 is 0 Å². The molecule has 2 aromatic carbocycles. The zero-order valence-electron chi connectivity index (χ0n) is 18.3. The van der Waals surface area contributed by atoms with Crippen LogP contribution in [0.25, 0.3) is 0 Å². The Hall–Kier alpha value is -1.64. The molecule has 150 valence electrons. The maximum atomic E-state index is 11.1. The van der Waals surface area contributed by atoms with Gasteiger partial charge in [0, 0.05) is 6.54 Å². The lowest BCUT2D eigenvalue weighted by atomic mass is 9.75. The Morgan fingerprint density at radius 3 is 1.59 bits per heavy atom. The minimum absolute atomic E-state index is 0.111. The van der Waals surface area contributed by atoms with E-state index in [1.165, 1.54) is 12.0 Å². The molecule has 2 nitrogen and oxygen atoms in total. The lowest BCUT2D eigenvalue weighted by molar-refractivity contribution is 0.0902. The van der Waals surface area contributed by atoms with Gasteiger partial charge in [0.15, 0.2) is 0 Å². The first-order valence-electron chi connectivity index (χ1n) is 10.2. The van der Waals surface area contributed by atoms with Gasteiger partial charge in [0.2, 0.25) is 0 Å². The summed E-state index contributed by atoms with van der Waals surface area (Å²) in [6.07, 6.45) is 2.31. The van der Waals surface area contributed by atoms with Crippen LogP contribution in [0.5, 0.6) is 0 Å². The molecule has 0 heterocycles. The van der Waals surface area contributed by atoms with Gasteiger partial charge in [-0.1, -0.05) is 103 Å². The van der Waals surface area contributed by atoms with E-state index in [-0.39, 0.29) is 12.0 Å². The van der Waals surface area contributed by atoms with Crippen LogP contribution < -0.4 is 5.73 Å². The second-order valence-corrected chi connectivity index (χ2v) is 8.95. The summed E-state index contributed by atoms with van der Waals surface area (Å²) in [4.78, 5) is 0. The highest BCUT2D eigenvalue weighted by atomic mass is 16.3. The Morgan fingerprint density at radius 1 is 0.704 bits per heavy atom. The van der Waals surface area contributed by atoms with E-state index in [0.29, 0.717) is 5.41 Å². The Bertz CT molecular complexity index is 668. The Morgan fingerprint density at radius 2 is 1.15 bits per heavy atom. The summed E-state index contributed by atoms with van der Waals surface area (Å²) < 4.78 is 0. The quantitative estimate of drug-likeness (QED) is 0.655. The molecule has 0 bridgehead atoms. The normalized spacial score (nSPS) is 14.1. The van der Waals surface area contributed by atoms with Crippen LogP contribution in [0, 0.1) is 5.41 Å². The second-order valence-electron chi connectivity index (χ2n) is 8.95. The highest BCUT2D eigenvalue weighted by Gasteiger charge is 2.30. The first-order chi connectivity index (χ1) is 12.6. The standard InChI is InChI=1S/C23H33NO.C2H6/c1-21(2,3)15-16-22(4,5)18-11-13-20(14-12-18)23(25,17-24)19-9-7-6-8-10-19;1-2/h6-14,25H,15-17,24H2,1-5H3;1-2H3. The molecule has 1 atom stereocenters. The fraction of sp³-hybridized carbons (Fsp3) is 0.520. The zero-order valence-corrected chi connectivity index (χ0v) is 18.3. The van der Waals surface area contributed by atoms with Crippen LogP contribution in [0.2, 0.25) is 0 Å². The minimum atomic E-state index is -1.14. The van der Waals surface area contributed by atoms with Crippen LogP contribution in [0.3, 0.4) is 0 Å². The minimum Gasteiger partial charge on any atom is -0.379 e. The van der Waals surface area contributed by atoms with Gasteiger partial charge < -0.3 is 10.8 Å². The van der Waals surface area contributed by atoms with Gasteiger partial charge in [-0.15, -0.1) is 0 Å². The van der Waals surface area contributed by atoms with E-state index in [1.54, 1.807) is 0 Å². The summed E-state index contributed by atoms with van der Waals surface area (Å²) in [5, 5.41) is 11.1. The molecule has 0 saturated heterocycles. The van der Waals surface area contributed by atoms with E-state index in [9.17, 15) is 5.11 Å². The third-order valence-corrected chi connectivity index (χ3v) is 5.19. The second kappa shape index (κ2) is 9.52. The molecule has 3 N–H and O–H groups in total. The van der Waals surface area contributed by atoms with Crippen molar-refractivity contribution in [2.45, 2.75) is 72.3 Å². The van der Waals surface area contributed by atoms with E-state index in [4.69, 9.17) is 5.73 Å². The van der Waals surface area contributed by atoms with Gasteiger partial charge in [-0.25, -0.2) is 0 Å². The fourth-order valence-corrected chi connectivity index (χ4v) is 3.15. The van der Waals surface area contributed by atoms with Crippen LogP contribution in [0.4, 0.5) is 0 Å². The average Bonchev–Trinajstić information content (AvgIpc) is 2.68. The monoisotopic (exact) mass is 369 g/mol. The zero-order chi connectivity index (χ0) is 20.7. The summed E-state index contributed by atoms with van der Waals surface area (Å²) in [5.41, 5.74) is 8.22. The number of hydrogen-bond donors (Lipinski definition) is 2. The fourth-order valence-electron chi connectivity index (χ4n) is 3.15. The maximum Gasteiger partial charge on any atom is 0.127 e. The van der Waals surface area contributed by atoms with Crippen molar-refractivity contribution in [3.8, 4) is 0 Å². The Kier molecular flexibility index (Phi) is 8.25. The number of nitrogens with two attached hydrogens (primary N) is 1. The summed E-state index contributed by atoms with van der Waals surface area (Å²) >= 11 is 0. The van der Waals surface area contributed by atoms with Crippen LogP contribution in [-0.4, -0.2) is 11.7 Å². The lowest BCUT2D eigenvalue weighted by Gasteiger charge is -2.31. The van der Waals surface area contributed by atoms with Crippen molar-refractivity contribution in [3.63, 3.8) is 0 Å². The highest BCUT2D eigenvalue weighted by molar-refractivity contribution is 5.39. The molecule has 2 aromatic rings. The van der Waals surface area contributed by atoms with E-state index >= 15 is 0 Å². The number of aliphatic hydroxyl groups is 1. The van der Waals surface area contributed by atoms with E-state index in [0.717, 1.165) is 17.5 Å². The Labute approximate surface area is 166 Å². The van der Waals surface area contributed by atoms with Gasteiger partial charge in [0.05, 0.1) is 0 Å². The van der Waals surface area contributed by atoms with Crippen molar-refractivity contribution in [2.75, 3.05) is 6.54 Å². The molecule has 2 rings (SSSR count). The first-order valence-corrected chi connectivity index (χ1v) is 10.2. The smallest absolute Gasteiger partial charge is 0.127 e. The first kappa shape index (κ1) is 23.4. The molecule has 0 radical (unpaired) electrons. The third kappa shape index (κ3) is 6.19. The maximum absolute atomic E-state index is 11.1. The molecule has 0 aliphatic heterocycles. The molecule has 0 saturated carbocycles. The van der Waals surface area contributed by atoms with Crippen molar-refractivity contribution in [3.05, 3.63) is 71.3 Å². The van der Waals surface area contributed by atoms with Gasteiger partial charge in [-0.05, 0) is 40.4 Å². The number of benzene rings is 2. The summed E-state index contributed by atoms with van der Waals surface area (Å²) in [7, 11) is 0. The molecular weight excluding hydrogens is 330 g/mol. The summed E-state index contributed by atoms with van der Waals surface area (Å²) in [6.45, 7) is 15.6. The van der Waals surface area contributed by atoms with E-state index in [1.807, 2.05) is 56.3 Å². The van der Waals surface area contributed by atoms with Gasteiger partial charge in [-0.2, -0.15) is 0 Å². The van der Waals surface area contributed by atoms with Crippen molar-refractivity contribution in [1.82, 2.24) is 0 Å². The van der Waals surface area contributed by atoms with Gasteiger partial charge in [0.1, 0.15) is 5.60 Å². The third-order valence-electron chi connectivity index (χ3n) is 5.19. The number of rotatable bonds is 6. The van der Waals surface area contributed by atoms with Crippen LogP contribution in [0.15, 0.2) is 54.6 Å². The largest absolute Gasteiger partial charge is 0.379 e. The van der Waals surface area contributed by atoms with Gasteiger partial charge >= 0.3 is 0 Å². The highest BCUT2D eigenvalue weighted by Crippen LogP contribution is 2.35. The van der Waals surface area contributed by atoms with Gasteiger partial charge in [-0.3, -0.25) is 0 Å². The predicted octanol–water partition coefficient (Wildman–Crippen LogP) is 6.01. The topological polar surface area (TPSA) is 46.2 Å². The van der Waals surface area contributed by atoms with Crippen molar-refractivity contribution < 1.29 is 5.11 Å². The molecule has 2 heteroatoms. The lowest BCUT2D eigenvalue weighted by Crippen LogP contribution is -2.36. The van der Waals surface area contributed by atoms with Crippen molar-refractivity contribution in [2.24, 2.45) is 11.1 Å². The molecule has 0 amide bonds. The van der Waals surface area contributed by atoms with Crippen molar-refractivity contribution >= 4 is 0 Å². The molecule has 0 aliphatic rings. The summed E-state index contributed by atoms with van der Waals surface area (Å²) in [5.74, 6) is 0. The van der Waals surface area contributed by atoms with Crippen LogP contribution in [0.1, 0.15) is 78.0 Å². The van der Waals surface area contributed by atoms with E-state index < -0.39 is 5.60 Å². The SMILES string of the molecule is CC.CC(C)(C)CCC(C)(C)c1ccc(C(O)(CN)c2ccccc2)cc1. The Balaban J connectivity index is 0.00000176. The predicted molar refractivity (Wildman–Crippen MR) is 118 cm³/mol.